The molecule has 0 aliphatic rings. The van der Waals surface area contributed by atoms with Crippen LogP contribution in [0.3, 0.4) is 0 Å². The lowest BCUT2D eigenvalue weighted by Gasteiger charge is -1.98. The van der Waals surface area contributed by atoms with Gasteiger partial charge in [-0.3, -0.25) is 0 Å². The first kappa shape index (κ1) is 7.72. The normalized spacial score (nSPS) is 9.92. The molecule has 5 nitrogen and oxygen atoms in total. The third-order valence-corrected chi connectivity index (χ3v) is 1.56. The Morgan fingerprint density at radius 1 is 1.38 bits per heavy atom. The monoisotopic (exact) mass is 177 g/mol. The van der Waals surface area contributed by atoms with Gasteiger partial charge in [-0.2, -0.15) is 4.98 Å². The second-order valence-corrected chi connectivity index (χ2v) is 2.34. The van der Waals surface area contributed by atoms with Crippen molar-refractivity contribution in [2.24, 2.45) is 0 Å². The molecule has 13 heavy (non-hydrogen) atoms. The molecule has 0 aliphatic heterocycles. The smallest absolute Gasteiger partial charge is 0.214 e. The van der Waals surface area contributed by atoms with Gasteiger partial charge in [0.05, 0.1) is 7.11 Å². The molecular weight excluding hydrogens is 170 g/mol. The summed E-state index contributed by atoms with van der Waals surface area (Å²) in [4.78, 5) is 7.86. The fourth-order valence-electron chi connectivity index (χ4n) is 0.958. The molecule has 0 spiro atoms. The molecule has 0 unspecified atom stereocenters. The van der Waals surface area contributed by atoms with Crippen LogP contribution < -0.4 is 4.74 Å². The topological polar surface area (TPSA) is 61.0 Å². The molecule has 0 fully saturated rings. The Kier molecular flexibility index (Phi) is 1.91. The van der Waals surface area contributed by atoms with Crippen molar-refractivity contribution in [2.45, 2.75) is 0 Å². The van der Waals surface area contributed by atoms with Crippen LogP contribution in [-0.4, -0.2) is 22.2 Å². The number of hydrogen-bond acceptors (Lipinski definition) is 5. The second-order valence-electron chi connectivity index (χ2n) is 2.34. The van der Waals surface area contributed by atoms with Crippen LogP contribution in [-0.2, 0) is 0 Å². The van der Waals surface area contributed by atoms with E-state index in [1.54, 1.807) is 25.4 Å². The van der Waals surface area contributed by atoms with Crippen LogP contribution in [0.15, 0.2) is 29.2 Å². The van der Waals surface area contributed by atoms with Gasteiger partial charge in [-0.1, -0.05) is 5.16 Å². The average molecular weight is 177 g/mol. The Hall–Kier alpha value is -1.91. The number of pyridine rings is 1. The zero-order chi connectivity index (χ0) is 9.10. The number of aromatic nitrogens is 3. The minimum absolute atomic E-state index is 0.528. The Morgan fingerprint density at radius 2 is 2.31 bits per heavy atom. The lowest BCUT2D eigenvalue weighted by atomic mass is 10.2. The van der Waals surface area contributed by atoms with Crippen LogP contribution in [0.2, 0.25) is 0 Å². The van der Waals surface area contributed by atoms with E-state index in [0.717, 1.165) is 5.56 Å². The molecule has 0 amide bonds. The van der Waals surface area contributed by atoms with Crippen molar-refractivity contribution in [1.29, 1.82) is 0 Å². The standard InChI is InChI=1S/C8H7N3O2/c1-12-7-4-6(2-3-9-7)8-10-5-13-11-8/h2-5H,1H3. The lowest BCUT2D eigenvalue weighted by molar-refractivity contribution is 0.398. The zero-order valence-electron chi connectivity index (χ0n) is 6.97. The van der Waals surface area contributed by atoms with E-state index in [1.807, 2.05) is 0 Å². The third kappa shape index (κ3) is 1.48. The summed E-state index contributed by atoms with van der Waals surface area (Å²) in [6.45, 7) is 0. The van der Waals surface area contributed by atoms with Gasteiger partial charge in [0.2, 0.25) is 18.1 Å². The van der Waals surface area contributed by atoms with Crippen LogP contribution in [0.5, 0.6) is 5.88 Å². The Bertz CT molecular complexity index is 386. The van der Waals surface area contributed by atoms with E-state index in [9.17, 15) is 0 Å². The zero-order valence-corrected chi connectivity index (χ0v) is 6.97. The molecule has 0 aliphatic carbocycles. The summed E-state index contributed by atoms with van der Waals surface area (Å²) in [7, 11) is 1.56. The van der Waals surface area contributed by atoms with Gasteiger partial charge in [0.15, 0.2) is 0 Å². The highest BCUT2D eigenvalue weighted by Gasteiger charge is 2.03. The van der Waals surface area contributed by atoms with Crippen LogP contribution in [0.1, 0.15) is 0 Å². The van der Waals surface area contributed by atoms with Gasteiger partial charge in [-0.05, 0) is 6.07 Å². The maximum atomic E-state index is 4.96. The average Bonchev–Trinajstić information content (AvgIpc) is 2.71. The number of rotatable bonds is 2. The second kappa shape index (κ2) is 3.22. The predicted octanol–water partition coefficient (Wildman–Crippen LogP) is 1.14. The van der Waals surface area contributed by atoms with Gasteiger partial charge in [0, 0.05) is 17.8 Å². The Balaban J connectivity index is 2.41. The number of methoxy groups -OCH3 is 1. The summed E-state index contributed by atoms with van der Waals surface area (Å²) in [5, 5.41) is 3.69. The van der Waals surface area contributed by atoms with Gasteiger partial charge >= 0.3 is 0 Å². The van der Waals surface area contributed by atoms with Crippen LogP contribution in [0.25, 0.3) is 11.4 Å². The minimum Gasteiger partial charge on any atom is -0.481 e. The first-order valence-electron chi connectivity index (χ1n) is 3.67. The molecular formula is C8H7N3O2. The molecule has 0 saturated heterocycles. The van der Waals surface area contributed by atoms with Crippen LogP contribution >= 0.6 is 0 Å². The van der Waals surface area contributed by atoms with Gasteiger partial charge in [0.1, 0.15) is 0 Å². The highest BCUT2D eigenvalue weighted by Crippen LogP contribution is 2.17. The summed E-state index contributed by atoms with van der Waals surface area (Å²) in [6, 6.07) is 3.53. The number of ether oxygens (including phenoxy) is 1. The van der Waals surface area contributed by atoms with E-state index in [-0.39, 0.29) is 0 Å². The quantitative estimate of drug-likeness (QED) is 0.688. The maximum Gasteiger partial charge on any atom is 0.214 e. The molecule has 0 atom stereocenters. The van der Waals surface area contributed by atoms with Crippen molar-refractivity contribution in [3.8, 4) is 17.3 Å². The molecule has 0 bridgehead atoms. The van der Waals surface area contributed by atoms with Crippen LogP contribution in [0, 0.1) is 0 Å². The third-order valence-electron chi connectivity index (χ3n) is 1.56. The maximum absolute atomic E-state index is 4.96. The van der Waals surface area contributed by atoms with Crippen molar-refractivity contribution in [3.05, 3.63) is 24.7 Å². The minimum atomic E-state index is 0.528. The van der Waals surface area contributed by atoms with Crippen LogP contribution in [0.4, 0.5) is 0 Å². The molecule has 66 valence electrons. The van der Waals surface area contributed by atoms with Crippen molar-refractivity contribution in [1.82, 2.24) is 15.1 Å². The van der Waals surface area contributed by atoms with E-state index in [0.29, 0.717) is 11.7 Å². The number of nitrogens with zero attached hydrogens (tertiary/aromatic N) is 3. The van der Waals surface area contributed by atoms with E-state index in [2.05, 4.69) is 19.6 Å². The lowest BCUT2D eigenvalue weighted by Crippen LogP contribution is -1.88. The Labute approximate surface area is 74.4 Å². The van der Waals surface area contributed by atoms with Gasteiger partial charge < -0.3 is 9.26 Å². The van der Waals surface area contributed by atoms with E-state index in [1.165, 1.54) is 6.39 Å². The number of hydrogen-bond donors (Lipinski definition) is 0. The highest BCUT2D eigenvalue weighted by atomic mass is 16.5. The molecule has 2 aromatic rings. The Morgan fingerprint density at radius 3 is 3.00 bits per heavy atom. The summed E-state index contributed by atoms with van der Waals surface area (Å²) in [5.74, 6) is 1.06. The summed E-state index contributed by atoms with van der Waals surface area (Å²) < 4.78 is 9.58. The first-order chi connectivity index (χ1) is 6.40. The SMILES string of the molecule is COc1cc(-c2ncon2)ccn1. The molecule has 0 radical (unpaired) electrons. The summed E-state index contributed by atoms with van der Waals surface area (Å²) >= 11 is 0. The van der Waals surface area contributed by atoms with E-state index < -0.39 is 0 Å². The van der Waals surface area contributed by atoms with Crippen molar-refractivity contribution < 1.29 is 9.26 Å². The first-order valence-corrected chi connectivity index (χ1v) is 3.67. The van der Waals surface area contributed by atoms with E-state index in [4.69, 9.17) is 4.74 Å². The fraction of sp³-hybridized carbons (Fsp3) is 0.125. The van der Waals surface area contributed by atoms with Crippen molar-refractivity contribution >= 4 is 0 Å². The largest absolute Gasteiger partial charge is 0.481 e. The molecule has 0 saturated carbocycles. The van der Waals surface area contributed by atoms with Gasteiger partial charge in [0.25, 0.3) is 0 Å². The van der Waals surface area contributed by atoms with Crippen molar-refractivity contribution in [3.63, 3.8) is 0 Å². The van der Waals surface area contributed by atoms with E-state index >= 15 is 0 Å². The molecule has 2 aromatic heterocycles. The van der Waals surface area contributed by atoms with Crippen molar-refractivity contribution in [2.75, 3.05) is 7.11 Å². The molecule has 2 rings (SSSR count). The summed E-state index contributed by atoms with van der Waals surface area (Å²) in [5.41, 5.74) is 0.820. The van der Waals surface area contributed by atoms with Gasteiger partial charge in [-0.25, -0.2) is 4.98 Å². The predicted molar refractivity (Wildman–Crippen MR) is 44.1 cm³/mol. The highest BCUT2D eigenvalue weighted by molar-refractivity contribution is 5.54. The fourth-order valence-corrected chi connectivity index (χ4v) is 0.958. The van der Waals surface area contributed by atoms with Gasteiger partial charge in [-0.15, -0.1) is 0 Å². The molecule has 0 aromatic carbocycles. The summed E-state index contributed by atoms with van der Waals surface area (Å²) in [6.07, 6.45) is 2.91. The molecule has 2 heterocycles. The molecule has 5 heteroatoms. The molecule has 0 N–H and O–H groups in total.